The van der Waals surface area contributed by atoms with Gasteiger partial charge in [0.1, 0.15) is 0 Å². The van der Waals surface area contributed by atoms with E-state index >= 15 is 0 Å². The molecular formula is C20H24N2O2. The van der Waals surface area contributed by atoms with Crippen molar-refractivity contribution in [2.45, 2.75) is 27.2 Å². The van der Waals surface area contributed by atoms with E-state index < -0.39 is 0 Å². The topological polar surface area (TPSA) is 49.4 Å². The molecule has 2 amide bonds. The molecule has 2 rings (SSSR count). The number of nitrogens with one attached hydrogen (secondary N) is 1. The van der Waals surface area contributed by atoms with Crippen LogP contribution < -0.4 is 5.32 Å². The Hall–Kier alpha value is -2.62. The van der Waals surface area contributed by atoms with Crippen LogP contribution in [0, 0.1) is 6.92 Å². The van der Waals surface area contributed by atoms with E-state index in [-0.39, 0.29) is 11.8 Å². The van der Waals surface area contributed by atoms with E-state index in [1.54, 1.807) is 29.2 Å². The molecule has 0 aliphatic rings. The van der Waals surface area contributed by atoms with Crippen LogP contribution in [0.25, 0.3) is 0 Å². The predicted octanol–water partition coefficient (Wildman–Crippen LogP) is 3.66. The molecule has 0 aliphatic carbocycles. The molecule has 2 aromatic rings. The van der Waals surface area contributed by atoms with Crippen molar-refractivity contribution in [3.63, 3.8) is 0 Å². The van der Waals surface area contributed by atoms with Gasteiger partial charge in [0.15, 0.2) is 0 Å². The summed E-state index contributed by atoms with van der Waals surface area (Å²) in [6, 6.07) is 14.9. The zero-order valence-electron chi connectivity index (χ0n) is 14.5. The normalized spacial score (nSPS) is 10.3. The minimum absolute atomic E-state index is 0.0118. The molecular weight excluding hydrogens is 300 g/mol. The number of amides is 2. The lowest BCUT2D eigenvalue weighted by molar-refractivity contribution is -0.115. The molecule has 4 heteroatoms. The van der Waals surface area contributed by atoms with Crippen molar-refractivity contribution in [2.24, 2.45) is 0 Å². The number of carbonyl (C=O) groups is 2. The number of carbonyl (C=O) groups excluding carboxylic acids is 2. The Morgan fingerprint density at radius 3 is 2.17 bits per heavy atom. The fraction of sp³-hybridized carbons (Fsp3) is 0.300. The largest absolute Gasteiger partial charge is 0.339 e. The summed E-state index contributed by atoms with van der Waals surface area (Å²) in [5.41, 5.74) is 3.46. The van der Waals surface area contributed by atoms with Crippen molar-refractivity contribution in [1.29, 1.82) is 0 Å². The predicted molar refractivity (Wildman–Crippen MR) is 97.2 cm³/mol. The van der Waals surface area contributed by atoms with Crippen molar-refractivity contribution in [3.05, 3.63) is 65.2 Å². The first-order valence-electron chi connectivity index (χ1n) is 8.28. The van der Waals surface area contributed by atoms with Crippen LogP contribution in [0.5, 0.6) is 0 Å². The van der Waals surface area contributed by atoms with Gasteiger partial charge in [-0.05, 0) is 56.2 Å². The van der Waals surface area contributed by atoms with Gasteiger partial charge in [-0.25, -0.2) is 0 Å². The number of aryl methyl sites for hydroxylation is 1. The van der Waals surface area contributed by atoms with Crippen LogP contribution >= 0.6 is 0 Å². The van der Waals surface area contributed by atoms with Crippen molar-refractivity contribution in [1.82, 2.24) is 4.90 Å². The minimum atomic E-state index is -0.0629. The van der Waals surface area contributed by atoms with Crippen LogP contribution in [-0.4, -0.2) is 29.8 Å². The highest BCUT2D eigenvalue weighted by Crippen LogP contribution is 2.13. The lowest BCUT2D eigenvalue weighted by Gasteiger charge is -2.18. The van der Waals surface area contributed by atoms with Gasteiger partial charge in [0.2, 0.25) is 5.91 Å². The van der Waals surface area contributed by atoms with Gasteiger partial charge in [-0.15, -0.1) is 0 Å². The molecule has 0 unspecified atom stereocenters. The van der Waals surface area contributed by atoms with E-state index in [4.69, 9.17) is 0 Å². The van der Waals surface area contributed by atoms with Gasteiger partial charge < -0.3 is 10.2 Å². The molecule has 0 aromatic heterocycles. The number of nitrogens with zero attached hydrogens (tertiary/aromatic N) is 1. The molecule has 0 aliphatic heterocycles. The maximum absolute atomic E-state index is 12.3. The average molecular weight is 324 g/mol. The van der Waals surface area contributed by atoms with E-state index in [2.05, 4.69) is 5.32 Å². The van der Waals surface area contributed by atoms with Gasteiger partial charge in [-0.3, -0.25) is 9.59 Å². The summed E-state index contributed by atoms with van der Waals surface area (Å²) in [6.07, 6.45) is 0.340. The molecule has 0 heterocycles. The molecule has 24 heavy (non-hydrogen) atoms. The second-order valence-corrected chi connectivity index (χ2v) is 5.71. The molecule has 0 radical (unpaired) electrons. The third kappa shape index (κ3) is 4.44. The molecule has 0 saturated carbocycles. The van der Waals surface area contributed by atoms with E-state index in [0.717, 1.165) is 11.1 Å². The Labute approximate surface area is 143 Å². The van der Waals surface area contributed by atoms with Crippen molar-refractivity contribution in [3.8, 4) is 0 Å². The van der Waals surface area contributed by atoms with Crippen LogP contribution in [0.1, 0.15) is 35.3 Å². The minimum Gasteiger partial charge on any atom is -0.339 e. The first kappa shape index (κ1) is 17.7. The standard InChI is InChI=1S/C20H24N2O2/c1-4-22(5-2)20(24)16-10-12-18(13-11-16)21-19(23)14-17-9-7-6-8-15(17)3/h6-13H,4-5,14H2,1-3H3,(H,21,23). The lowest BCUT2D eigenvalue weighted by Crippen LogP contribution is -2.30. The molecule has 2 aromatic carbocycles. The average Bonchev–Trinajstić information content (AvgIpc) is 2.58. The number of hydrogen-bond donors (Lipinski definition) is 1. The van der Waals surface area contributed by atoms with Gasteiger partial charge in [0, 0.05) is 24.3 Å². The number of benzene rings is 2. The van der Waals surface area contributed by atoms with Gasteiger partial charge in [0.05, 0.1) is 6.42 Å². The van der Waals surface area contributed by atoms with Crippen LogP contribution in [0.3, 0.4) is 0 Å². The lowest BCUT2D eigenvalue weighted by atomic mass is 10.1. The Kier molecular flexibility index (Phi) is 6.13. The molecule has 0 bridgehead atoms. The van der Waals surface area contributed by atoms with Gasteiger partial charge in [-0.1, -0.05) is 24.3 Å². The highest BCUT2D eigenvalue weighted by molar-refractivity contribution is 5.96. The summed E-state index contributed by atoms with van der Waals surface area (Å²) in [4.78, 5) is 26.2. The van der Waals surface area contributed by atoms with Gasteiger partial charge >= 0.3 is 0 Å². The van der Waals surface area contributed by atoms with Gasteiger partial charge in [0.25, 0.3) is 5.91 Å². The summed E-state index contributed by atoms with van der Waals surface area (Å²) in [7, 11) is 0. The van der Waals surface area contributed by atoms with Crippen LogP contribution in [-0.2, 0) is 11.2 Å². The molecule has 0 saturated heterocycles. The Morgan fingerprint density at radius 1 is 0.958 bits per heavy atom. The fourth-order valence-corrected chi connectivity index (χ4v) is 2.58. The van der Waals surface area contributed by atoms with Crippen molar-refractivity contribution >= 4 is 17.5 Å². The van der Waals surface area contributed by atoms with Gasteiger partial charge in [-0.2, -0.15) is 0 Å². The Morgan fingerprint density at radius 2 is 1.58 bits per heavy atom. The van der Waals surface area contributed by atoms with E-state index in [0.29, 0.717) is 30.8 Å². The molecule has 0 spiro atoms. The van der Waals surface area contributed by atoms with E-state index in [1.807, 2.05) is 45.0 Å². The fourth-order valence-electron chi connectivity index (χ4n) is 2.58. The Bertz CT molecular complexity index is 704. The smallest absolute Gasteiger partial charge is 0.253 e. The molecule has 1 N–H and O–H groups in total. The molecule has 0 atom stereocenters. The summed E-state index contributed by atoms with van der Waals surface area (Å²) in [5.74, 6) is -0.0510. The highest BCUT2D eigenvalue weighted by Gasteiger charge is 2.12. The maximum Gasteiger partial charge on any atom is 0.253 e. The maximum atomic E-state index is 12.3. The second kappa shape index (κ2) is 8.29. The first-order chi connectivity index (χ1) is 11.5. The summed E-state index contributed by atoms with van der Waals surface area (Å²) < 4.78 is 0. The highest BCUT2D eigenvalue weighted by atomic mass is 16.2. The monoisotopic (exact) mass is 324 g/mol. The number of rotatable bonds is 6. The van der Waals surface area contributed by atoms with Crippen LogP contribution in [0.2, 0.25) is 0 Å². The molecule has 126 valence electrons. The summed E-state index contributed by atoms with van der Waals surface area (Å²) in [6.45, 7) is 7.29. The Balaban J connectivity index is 2.00. The quantitative estimate of drug-likeness (QED) is 0.881. The SMILES string of the molecule is CCN(CC)C(=O)c1ccc(NC(=O)Cc2ccccc2C)cc1. The van der Waals surface area contributed by atoms with Crippen LogP contribution in [0.15, 0.2) is 48.5 Å². The second-order valence-electron chi connectivity index (χ2n) is 5.71. The van der Waals surface area contributed by atoms with Crippen LogP contribution in [0.4, 0.5) is 5.69 Å². The zero-order valence-corrected chi connectivity index (χ0v) is 14.5. The summed E-state index contributed by atoms with van der Waals surface area (Å²) in [5, 5.41) is 2.88. The molecule has 0 fully saturated rings. The number of anilines is 1. The first-order valence-corrected chi connectivity index (χ1v) is 8.28. The zero-order chi connectivity index (χ0) is 17.5. The summed E-state index contributed by atoms with van der Waals surface area (Å²) >= 11 is 0. The van der Waals surface area contributed by atoms with Crippen molar-refractivity contribution in [2.75, 3.05) is 18.4 Å². The van der Waals surface area contributed by atoms with Crippen molar-refractivity contribution < 1.29 is 9.59 Å². The van der Waals surface area contributed by atoms with E-state index in [9.17, 15) is 9.59 Å². The third-order valence-electron chi connectivity index (χ3n) is 4.08. The van der Waals surface area contributed by atoms with E-state index in [1.165, 1.54) is 0 Å². The number of hydrogen-bond acceptors (Lipinski definition) is 2. The molecule has 4 nitrogen and oxygen atoms in total. The third-order valence-corrected chi connectivity index (χ3v) is 4.08.